The highest BCUT2D eigenvalue weighted by Crippen LogP contribution is 2.29. The van der Waals surface area contributed by atoms with Gasteiger partial charge in [0.25, 0.3) is 0 Å². The first-order valence-corrected chi connectivity index (χ1v) is 4.57. The zero-order chi connectivity index (χ0) is 12.3. The van der Waals surface area contributed by atoms with Gasteiger partial charge in [-0.2, -0.15) is 0 Å². The van der Waals surface area contributed by atoms with E-state index in [0.717, 1.165) is 0 Å². The van der Waals surface area contributed by atoms with Crippen LogP contribution < -0.4 is 0 Å². The number of carboxylic acid groups (broad SMARTS) is 1. The van der Waals surface area contributed by atoms with Gasteiger partial charge in [0, 0.05) is 0 Å². The van der Waals surface area contributed by atoms with E-state index in [2.05, 4.69) is 4.74 Å². The molecule has 94 valence electrons. The molecule has 8 nitrogen and oxygen atoms in total. The lowest BCUT2D eigenvalue weighted by Crippen LogP contribution is -2.47. The van der Waals surface area contributed by atoms with Gasteiger partial charge < -0.3 is 35.0 Å². The van der Waals surface area contributed by atoms with Crippen LogP contribution in [0.4, 0.5) is 0 Å². The zero-order valence-electron chi connectivity index (χ0n) is 8.31. The van der Waals surface area contributed by atoms with Crippen molar-refractivity contribution >= 4 is 5.97 Å². The smallest absolute Gasteiger partial charge is 0.329 e. The molecule has 0 amide bonds. The highest BCUT2D eigenvalue weighted by Gasteiger charge is 2.53. The van der Waals surface area contributed by atoms with E-state index in [1.165, 1.54) is 0 Å². The van der Waals surface area contributed by atoms with Crippen molar-refractivity contribution in [1.82, 2.24) is 0 Å². The highest BCUT2D eigenvalue weighted by molar-refractivity contribution is 5.67. The summed E-state index contributed by atoms with van der Waals surface area (Å²) in [4.78, 5) is 10.1. The monoisotopic (exact) mass is 238 g/mol. The third kappa shape index (κ3) is 2.67. The fraction of sp³-hybridized carbons (Fsp3) is 0.875. The SMILES string of the molecule is O=C(O)COCC1(O)O[C@H](CO)[C@@H](O)[C@@H]1O. The minimum atomic E-state index is -2.21. The van der Waals surface area contributed by atoms with Crippen molar-refractivity contribution in [2.24, 2.45) is 0 Å². The van der Waals surface area contributed by atoms with E-state index in [4.69, 9.17) is 14.9 Å². The summed E-state index contributed by atoms with van der Waals surface area (Å²) in [6.07, 6.45) is -4.25. The molecule has 0 saturated carbocycles. The molecule has 1 aliphatic rings. The molecule has 0 aliphatic carbocycles. The topological polar surface area (TPSA) is 137 Å². The molecule has 4 atom stereocenters. The van der Waals surface area contributed by atoms with E-state index >= 15 is 0 Å². The van der Waals surface area contributed by atoms with Crippen LogP contribution in [0.3, 0.4) is 0 Å². The molecule has 1 fully saturated rings. The van der Waals surface area contributed by atoms with Gasteiger partial charge in [0.1, 0.15) is 31.5 Å². The van der Waals surface area contributed by atoms with Crippen molar-refractivity contribution in [3.8, 4) is 0 Å². The van der Waals surface area contributed by atoms with Gasteiger partial charge in [0.15, 0.2) is 0 Å². The van der Waals surface area contributed by atoms with Gasteiger partial charge >= 0.3 is 5.97 Å². The van der Waals surface area contributed by atoms with Crippen LogP contribution in [0.15, 0.2) is 0 Å². The van der Waals surface area contributed by atoms with Gasteiger partial charge in [0.2, 0.25) is 5.79 Å². The molecule has 1 unspecified atom stereocenters. The molecule has 1 saturated heterocycles. The summed E-state index contributed by atoms with van der Waals surface area (Å²) in [5.74, 6) is -3.45. The van der Waals surface area contributed by atoms with Crippen LogP contribution in [-0.2, 0) is 14.3 Å². The lowest BCUT2D eigenvalue weighted by molar-refractivity contribution is -0.255. The van der Waals surface area contributed by atoms with Gasteiger partial charge in [-0.15, -0.1) is 0 Å². The Morgan fingerprint density at radius 2 is 2.06 bits per heavy atom. The van der Waals surface area contributed by atoms with E-state index in [1.54, 1.807) is 0 Å². The van der Waals surface area contributed by atoms with E-state index in [1.807, 2.05) is 0 Å². The summed E-state index contributed by atoms with van der Waals surface area (Å²) >= 11 is 0. The zero-order valence-corrected chi connectivity index (χ0v) is 8.31. The summed E-state index contributed by atoms with van der Waals surface area (Å²) in [7, 11) is 0. The van der Waals surface area contributed by atoms with Crippen molar-refractivity contribution in [3.63, 3.8) is 0 Å². The molecule has 0 aromatic heterocycles. The van der Waals surface area contributed by atoms with E-state index in [9.17, 15) is 20.1 Å². The maximum atomic E-state index is 10.1. The number of ether oxygens (including phenoxy) is 2. The lowest BCUT2D eigenvalue weighted by atomic mass is 10.1. The normalized spacial score (nSPS) is 38.9. The standard InChI is InChI=1S/C8H14O8/c9-1-4-6(12)7(13)8(14,16-4)3-15-2-5(10)11/h4,6-7,9,12-14H,1-3H2,(H,10,11)/t4-,6-,7+,8?/m1/s1. The number of carboxylic acids is 1. The quantitative estimate of drug-likeness (QED) is 0.339. The minimum absolute atomic E-state index is 0.584. The lowest BCUT2D eigenvalue weighted by Gasteiger charge is -2.25. The van der Waals surface area contributed by atoms with Gasteiger partial charge in [-0.1, -0.05) is 0 Å². The average molecular weight is 238 g/mol. The van der Waals surface area contributed by atoms with E-state index in [-0.39, 0.29) is 0 Å². The first-order chi connectivity index (χ1) is 7.40. The molecule has 0 radical (unpaired) electrons. The Hall–Kier alpha value is -0.770. The average Bonchev–Trinajstić information content (AvgIpc) is 2.43. The maximum Gasteiger partial charge on any atom is 0.329 e. The molecule has 0 aromatic rings. The Bertz CT molecular complexity index is 256. The highest BCUT2D eigenvalue weighted by atomic mass is 16.7. The number of carbonyl (C=O) groups is 1. The molecule has 0 spiro atoms. The number of hydrogen-bond donors (Lipinski definition) is 5. The second-order valence-corrected chi connectivity index (χ2v) is 3.51. The Morgan fingerprint density at radius 3 is 2.50 bits per heavy atom. The van der Waals surface area contributed by atoms with Crippen LogP contribution in [0.2, 0.25) is 0 Å². The first-order valence-electron chi connectivity index (χ1n) is 4.57. The summed E-state index contributed by atoms with van der Waals surface area (Å²) in [6.45, 7) is -1.87. The fourth-order valence-corrected chi connectivity index (χ4v) is 1.42. The fourth-order valence-electron chi connectivity index (χ4n) is 1.42. The molecule has 1 heterocycles. The predicted molar refractivity (Wildman–Crippen MR) is 47.4 cm³/mol. The van der Waals surface area contributed by atoms with Crippen molar-refractivity contribution in [1.29, 1.82) is 0 Å². The summed E-state index contributed by atoms with van der Waals surface area (Å²) in [5, 5.41) is 45.5. The Labute approximate surface area is 90.6 Å². The van der Waals surface area contributed by atoms with Crippen LogP contribution in [0.1, 0.15) is 0 Å². The van der Waals surface area contributed by atoms with E-state index < -0.39 is 49.9 Å². The minimum Gasteiger partial charge on any atom is -0.480 e. The third-order valence-electron chi connectivity index (χ3n) is 2.24. The number of aliphatic hydroxyl groups is 4. The predicted octanol–water partition coefficient (Wildman–Crippen LogP) is -3.11. The largest absolute Gasteiger partial charge is 0.480 e. The Balaban J connectivity index is 2.53. The van der Waals surface area contributed by atoms with Crippen molar-refractivity contribution in [2.45, 2.75) is 24.1 Å². The number of aliphatic hydroxyl groups excluding tert-OH is 3. The van der Waals surface area contributed by atoms with Crippen molar-refractivity contribution in [3.05, 3.63) is 0 Å². The van der Waals surface area contributed by atoms with Gasteiger partial charge in [-0.05, 0) is 0 Å². The maximum absolute atomic E-state index is 10.1. The van der Waals surface area contributed by atoms with Crippen LogP contribution in [0.5, 0.6) is 0 Å². The Kier molecular flexibility index (Phi) is 4.19. The molecule has 1 aliphatic heterocycles. The molecule has 0 aromatic carbocycles. The first kappa shape index (κ1) is 13.3. The van der Waals surface area contributed by atoms with Crippen LogP contribution in [-0.4, -0.2) is 75.4 Å². The van der Waals surface area contributed by atoms with Gasteiger partial charge in [-0.25, -0.2) is 4.79 Å². The second kappa shape index (κ2) is 5.04. The van der Waals surface area contributed by atoms with Crippen LogP contribution >= 0.6 is 0 Å². The summed E-state index contributed by atoms with van der Waals surface area (Å²) in [5.41, 5.74) is 0. The third-order valence-corrected chi connectivity index (χ3v) is 2.24. The molecule has 16 heavy (non-hydrogen) atoms. The van der Waals surface area contributed by atoms with Crippen LogP contribution in [0, 0.1) is 0 Å². The molecule has 5 N–H and O–H groups in total. The van der Waals surface area contributed by atoms with Crippen molar-refractivity contribution in [2.75, 3.05) is 19.8 Å². The molecule has 8 heteroatoms. The van der Waals surface area contributed by atoms with Crippen LogP contribution in [0.25, 0.3) is 0 Å². The van der Waals surface area contributed by atoms with Gasteiger partial charge in [-0.3, -0.25) is 0 Å². The molecule has 1 rings (SSSR count). The number of hydrogen-bond acceptors (Lipinski definition) is 7. The Morgan fingerprint density at radius 1 is 1.44 bits per heavy atom. The van der Waals surface area contributed by atoms with Gasteiger partial charge in [0.05, 0.1) is 6.61 Å². The molecular formula is C8H14O8. The van der Waals surface area contributed by atoms with Crippen molar-refractivity contribution < 1.29 is 39.8 Å². The molecular weight excluding hydrogens is 224 g/mol. The summed E-state index contributed by atoms with van der Waals surface area (Å²) in [6, 6.07) is 0. The molecule has 0 bridgehead atoms. The number of rotatable bonds is 5. The number of aliphatic carboxylic acids is 1. The second-order valence-electron chi connectivity index (χ2n) is 3.51. The van der Waals surface area contributed by atoms with E-state index in [0.29, 0.717) is 0 Å². The summed E-state index contributed by atoms with van der Waals surface area (Å²) < 4.78 is 9.36.